The maximum absolute atomic E-state index is 12.8. The van der Waals surface area contributed by atoms with Gasteiger partial charge in [0.2, 0.25) is 5.13 Å². The molecule has 9 heteroatoms. The molecule has 0 radical (unpaired) electrons. The van der Waals surface area contributed by atoms with Crippen molar-refractivity contribution in [2.45, 2.75) is 0 Å². The van der Waals surface area contributed by atoms with Crippen molar-refractivity contribution in [2.75, 3.05) is 18.5 Å². The Morgan fingerprint density at radius 3 is 2.69 bits per heavy atom. The molecule has 0 saturated heterocycles. The normalized spacial score (nSPS) is 12.6. The molecule has 1 amide bonds. The van der Waals surface area contributed by atoms with Crippen LogP contribution in [0.3, 0.4) is 0 Å². The number of amides is 1. The zero-order valence-electron chi connectivity index (χ0n) is 15.1. The van der Waals surface area contributed by atoms with Crippen LogP contribution in [0.25, 0.3) is 21.8 Å². The third kappa shape index (κ3) is 3.43. The molecule has 144 valence electrons. The van der Waals surface area contributed by atoms with Crippen LogP contribution in [0.5, 0.6) is 11.5 Å². The highest BCUT2D eigenvalue weighted by atomic mass is 32.1. The van der Waals surface area contributed by atoms with Gasteiger partial charge in [0.15, 0.2) is 11.5 Å². The third-order valence-electron chi connectivity index (χ3n) is 4.38. The number of carbonyl (C=O) groups excluding carboxylic acids is 1. The number of rotatable bonds is 4. The minimum absolute atomic E-state index is 0.320. The van der Waals surface area contributed by atoms with E-state index in [0.717, 1.165) is 16.1 Å². The van der Waals surface area contributed by atoms with Crippen molar-refractivity contribution in [1.29, 1.82) is 0 Å². The van der Waals surface area contributed by atoms with Gasteiger partial charge in [-0.3, -0.25) is 15.2 Å². The highest BCUT2D eigenvalue weighted by Gasteiger charge is 2.20. The lowest BCUT2D eigenvalue weighted by Gasteiger charge is -2.18. The van der Waals surface area contributed by atoms with E-state index in [0.29, 0.717) is 41.1 Å². The second kappa shape index (κ2) is 7.36. The van der Waals surface area contributed by atoms with E-state index in [2.05, 4.69) is 25.7 Å². The van der Waals surface area contributed by atoms with Crippen molar-refractivity contribution in [3.8, 4) is 33.3 Å². The third-order valence-corrected chi connectivity index (χ3v) is 5.27. The number of aromatic nitrogens is 4. The van der Waals surface area contributed by atoms with E-state index in [9.17, 15) is 4.79 Å². The number of anilines is 1. The largest absolute Gasteiger partial charge is 0.486 e. The molecule has 0 unspecified atom stereocenters. The fraction of sp³-hybridized carbons (Fsp3) is 0.100. The molecule has 1 aliphatic rings. The molecule has 5 rings (SSSR count). The van der Waals surface area contributed by atoms with Gasteiger partial charge in [-0.2, -0.15) is 5.10 Å². The molecule has 1 aliphatic heterocycles. The van der Waals surface area contributed by atoms with Gasteiger partial charge in [-0.25, -0.2) is 0 Å². The van der Waals surface area contributed by atoms with Crippen LogP contribution in [0, 0.1) is 0 Å². The molecule has 0 atom stereocenters. The summed E-state index contributed by atoms with van der Waals surface area (Å²) >= 11 is 1.31. The first-order valence-electron chi connectivity index (χ1n) is 8.91. The van der Waals surface area contributed by atoms with E-state index in [1.54, 1.807) is 0 Å². The average Bonchev–Trinajstić information content (AvgIpc) is 3.44. The van der Waals surface area contributed by atoms with Gasteiger partial charge < -0.3 is 9.47 Å². The molecule has 2 aromatic heterocycles. The molecule has 0 bridgehead atoms. The summed E-state index contributed by atoms with van der Waals surface area (Å²) in [5.74, 6) is 1.01. The van der Waals surface area contributed by atoms with Gasteiger partial charge in [-0.05, 0) is 18.2 Å². The van der Waals surface area contributed by atoms with Gasteiger partial charge in [0.1, 0.15) is 18.2 Å². The van der Waals surface area contributed by atoms with E-state index in [1.165, 1.54) is 17.5 Å². The maximum Gasteiger partial charge on any atom is 0.261 e. The van der Waals surface area contributed by atoms with Gasteiger partial charge in [0.25, 0.3) is 5.91 Å². The SMILES string of the molecule is O=C(Nc1nnc(-c2ccccc2)s1)c1cn[nH]c1-c1ccc2c(c1)OCCO2. The number of ether oxygens (including phenoxy) is 2. The smallest absolute Gasteiger partial charge is 0.261 e. The van der Waals surface area contributed by atoms with Crippen LogP contribution < -0.4 is 14.8 Å². The standard InChI is InChI=1S/C20H15N5O3S/c26-18(22-20-25-24-19(29-20)12-4-2-1-3-5-12)14-11-21-23-17(14)13-6-7-15-16(10-13)28-9-8-27-15/h1-7,10-11H,8-9H2,(H,21,23)(H,22,25,26). The van der Waals surface area contributed by atoms with Crippen LogP contribution in [-0.2, 0) is 0 Å². The Morgan fingerprint density at radius 1 is 1.00 bits per heavy atom. The average molecular weight is 405 g/mol. The fourth-order valence-corrected chi connectivity index (χ4v) is 3.76. The minimum Gasteiger partial charge on any atom is -0.486 e. The van der Waals surface area contributed by atoms with E-state index in [1.807, 2.05) is 48.5 Å². The molecule has 4 aromatic rings. The van der Waals surface area contributed by atoms with Crippen LogP contribution >= 0.6 is 11.3 Å². The number of nitrogens with zero attached hydrogens (tertiary/aromatic N) is 3. The Kier molecular flexibility index (Phi) is 4.41. The molecule has 8 nitrogen and oxygen atoms in total. The zero-order chi connectivity index (χ0) is 19.6. The van der Waals surface area contributed by atoms with E-state index in [4.69, 9.17) is 9.47 Å². The molecule has 3 heterocycles. The molecular formula is C20H15N5O3S. The molecule has 2 aromatic carbocycles. The van der Waals surface area contributed by atoms with E-state index in [-0.39, 0.29) is 5.91 Å². The number of hydrogen-bond acceptors (Lipinski definition) is 7. The molecule has 0 saturated carbocycles. The highest BCUT2D eigenvalue weighted by molar-refractivity contribution is 7.18. The lowest BCUT2D eigenvalue weighted by Crippen LogP contribution is -2.15. The van der Waals surface area contributed by atoms with Gasteiger partial charge in [-0.15, -0.1) is 10.2 Å². The van der Waals surface area contributed by atoms with Crippen LogP contribution in [-0.4, -0.2) is 39.5 Å². The Balaban J connectivity index is 1.38. The predicted molar refractivity (Wildman–Crippen MR) is 108 cm³/mol. The predicted octanol–water partition coefficient (Wildman–Crippen LogP) is 3.62. The minimum atomic E-state index is -0.320. The number of nitrogens with one attached hydrogen (secondary N) is 2. The summed E-state index contributed by atoms with van der Waals surface area (Å²) in [6, 6.07) is 15.2. The Morgan fingerprint density at radius 2 is 1.83 bits per heavy atom. The maximum atomic E-state index is 12.8. The number of H-pyrrole nitrogens is 1. The first kappa shape index (κ1) is 17.4. The van der Waals surface area contributed by atoms with Crippen LogP contribution in [0.1, 0.15) is 10.4 Å². The lowest BCUT2D eigenvalue weighted by atomic mass is 10.1. The second-order valence-electron chi connectivity index (χ2n) is 6.25. The number of benzene rings is 2. The van der Waals surface area contributed by atoms with Crippen molar-refractivity contribution in [3.05, 3.63) is 60.3 Å². The van der Waals surface area contributed by atoms with E-state index < -0.39 is 0 Å². The Bertz CT molecular complexity index is 1170. The number of carbonyl (C=O) groups is 1. The molecule has 0 fully saturated rings. The molecule has 0 spiro atoms. The number of hydrogen-bond donors (Lipinski definition) is 2. The molecule has 0 aliphatic carbocycles. The number of aromatic amines is 1. The quantitative estimate of drug-likeness (QED) is 0.538. The second-order valence-corrected chi connectivity index (χ2v) is 7.23. The number of fused-ring (bicyclic) bond motifs is 1. The van der Waals surface area contributed by atoms with Crippen molar-refractivity contribution < 1.29 is 14.3 Å². The molecule has 2 N–H and O–H groups in total. The van der Waals surface area contributed by atoms with Crippen LogP contribution in [0.4, 0.5) is 5.13 Å². The van der Waals surface area contributed by atoms with Gasteiger partial charge in [-0.1, -0.05) is 41.7 Å². The Hall–Kier alpha value is -3.72. The van der Waals surface area contributed by atoms with Crippen LogP contribution in [0.2, 0.25) is 0 Å². The van der Waals surface area contributed by atoms with Crippen LogP contribution in [0.15, 0.2) is 54.7 Å². The summed E-state index contributed by atoms with van der Waals surface area (Å²) in [7, 11) is 0. The van der Waals surface area contributed by atoms with Crippen molar-refractivity contribution in [1.82, 2.24) is 20.4 Å². The fourth-order valence-electron chi connectivity index (χ4n) is 3.01. The summed E-state index contributed by atoms with van der Waals surface area (Å²) in [5.41, 5.74) is 2.72. The Labute approximate surface area is 169 Å². The lowest BCUT2D eigenvalue weighted by molar-refractivity contribution is 0.102. The van der Waals surface area contributed by atoms with Crippen molar-refractivity contribution in [3.63, 3.8) is 0 Å². The van der Waals surface area contributed by atoms with Gasteiger partial charge in [0, 0.05) is 11.1 Å². The monoisotopic (exact) mass is 405 g/mol. The summed E-state index contributed by atoms with van der Waals surface area (Å²) in [6.45, 7) is 1.02. The molecule has 29 heavy (non-hydrogen) atoms. The van der Waals surface area contributed by atoms with Gasteiger partial charge in [0.05, 0.1) is 17.5 Å². The van der Waals surface area contributed by atoms with Crippen molar-refractivity contribution in [2.24, 2.45) is 0 Å². The first-order chi connectivity index (χ1) is 14.3. The summed E-state index contributed by atoms with van der Waals surface area (Å²) < 4.78 is 11.2. The van der Waals surface area contributed by atoms with E-state index >= 15 is 0 Å². The zero-order valence-corrected chi connectivity index (χ0v) is 15.9. The first-order valence-corrected chi connectivity index (χ1v) is 9.73. The molecular weight excluding hydrogens is 390 g/mol. The van der Waals surface area contributed by atoms with Crippen molar-refractivity contribution >= 4 is 22.4 Å². The summed E-state index contributed by atoms with van der Waals surface area (Å²) in [5, 5.41) is 19.1. The van der Waals surface area contributed by atoms with Gasteiger partial charge >= 0.3 is 0 Å². The highest BCUT2D eigenvalue weighted by Crippen LogP contribution is 2.35. The topological polar surface area (TPSA) is 102 Å². The summed E-state index contributed by atoms with van der Waals surface area (Å²) in [6.07, 6.45) is 1.49. The summed E-state index contributed by atoms with van der Waals surface area (Å²) in [4.78, 5) is 12.8.